The van der Waals surface area contributed by atoms with Crippen LogP contribution < -0.4 is 10.6 Å². The van der Waals surface area contributed by atoms with Gasteiger partial charge in [0.25, 0.3) is 5.91 Å². The summed E-state index contributed by atoms with van der Waals surface area (Å²) < 4.78 is 27.2. The minimum absolute atomic E-state index is 0.245. The number of hydrogen-bond acceptors (Lipinski definition) is 5. The fourth-order valence-electron chi connectivity index (χ4n) is 2.95. The van der Waals surface area contributed by atoms with Gasteiger partial charge in [-0.1, -0.05) is 18.2 Å². The highest BCUT2D eigenvalue weighted by Gasteiger charge is 2.15. The van der Waals surface area contributed by atoms with E-state index < -0.39 is 11.7 Å². The van der Waals surface area contributed by atoms with Crippen molar-refractivity contribution in [2.75, 3.05) is 10.6 Å². The number of nitrogens with zero attached hydrogens (tertiary/aromatic N) is 2. The molecule has 0 unspecified atom stereocenters. The zero-order valence-corrected chi connectivity index (χ0v) is 17.3. The van der Waals surface area contributed by atoms with Crippen molar-refractivity contribution in [1.29, 1.82) is 0 Å². The lowest BCUT2D eigenvalue weighted by Crippen LogP contribution is -2.14. The van der Waals surface area contributed by atoms with Crippen molar-refractivity contribution in [3.63, 3.8) is 0 Å². The van der Waals surface area contributed by atoms with Gasteiger partial charge < -0.3 is 5.32 Å². The van der Waals surface area contributed by atoms with Crippen molar-refractivity contribution in [1.82, 2.24) is 9.97 Å². The summed E-state index contributed by atoms with van der Waals surface area (Å²) in [7, 11) is 0. The molecule has 0 saturated carbocycles. The summed E-state index contributed by atoms with van der Waals surface area (Å²) >= 11 is 1.32. The van der Waals surface area contributed by atoms with Crippen LogP contribution in [0.25, 0.3) is 0 Å². The van der Waals surface area contributed by atoms with Crippen molar-refractivity contribution in [3.05, 3.63) is 100 Å². The number of benzene rings is 2. The van der Waals surface area contributed by atoms with E-state index in [1.807, 2.05) is 6.07 Å². The second-order valence-corrected chi connectivity index (χ2v) is 8.00. The summed E-state index contributed by atoms with van der Waals surface area (Å²) in [5.74, 6) is -0.729. The maximum Gasteiger partial charge on any atom is 0.261 e. The fraction of sp³-hybridized carbons (Fsp3) is 0.0870. The van der Waals surface area contributed by atoms with Gasteiger partial charge in [0, 0.05) is 29.4 Å². The van der Waals surface area contributed by atoms with Gasteiger partial charge in [0.15, 0.2) is 5.13 Å². The first-order chi connectivity index (χ1) is 15.0. The lowest BCUT2D eigenvalue weighted by atomic mass is 10.1. The van der Waals surface area contributed by atoms with Gasteiger partial charge in [-0.25, -0.2) is 18.7 Å². The molecule has 2 aromatic carbocycles. The molecular weight excluding hydrogens is 418 g/mol. The van der Waals surface area contributed by atoms with Crippen molar-refractivity contribution in [2.24, 2.45) is 0 Å². The third-order valence-electron chi connectivity index (χ3n) is 4.53. The van der Waals surface area contributed by atoms with Gasteiger partial charge >= 0.3 is 0 Å². The Hall–Kier alpha value is -3.65. The molecule has 0 bridgehead atoms. The van der Waals surface area contributed by atoms with E-state index in [4.69, 9.17) is 0 Å². The molecule has 5 nitrogen and oxygen atoms in total. The van der Waals surface area contributed by atoms with Gasteiger partial charge in [-0.2, -0.15) is 0 Å². The number of hydrogen-bond donors (Lipinski definition) is 2. The number of nitrogens with one attached hydrogen (secondary N) is 2. The van der Waals surface area contributed by atoms with E-state index in [2.05, 4.69) is 20.6 Å². The Balaban J connectivity index is 1.47. The van der Waals surface area contributed by atoms with Gasteiger partial charge in [-0.15, -0.1) is 11.3 Å². The predicted molar refractivity (Wildman–Crippen MR) is 118 cm³/mol. The maximum atomic E-state index is 13.8. The molecule has 156 valence electrons. The molecule has 2 N–H and O–H groups in total. The number of aryl methyl sites for hydroxylation is 1. The Morgan fingerprint density at radius 1 is 1.06 bits per heavy atom. The Morgan fingerprint density at radius 3 is 2.74 bits per heavy atom. The monoisotopic (exact) mass is 436 g/mol. The minimum Gasteiger partial charge on any atom is -0.339 e. The molecule has 0 spiro atoms. The fourth-order valence-corrected chi connectivity index (χ4v) is 3.79. The maximum absolute atomic E-state index is 13.8. The number of thiazole rings is 1. The largest absolute Gasteiger partial charge is 0.339 e. The highest BCUT2D eigenvalue weighted by Crippen LogP contribution is 2.24. The summed E-state index contributed by atoms with van der Waals surface area (Å²) in [5, 5.41) is 6.15. The molecule has 0 radical (unpaired) electrons. The molecule has 2 aromatic heterocycles. The second-order valence-electron chi connectivity index (χ2n) is 6.88. The quantitative estimate of drug-likeness (QED) is 0.406. The average Bonchev–Trinajstić information content (AvgIpc) is 3.18. The predicted octanol–water partition coefficient (Wildman–Crippen LogP) is 5.71. The summed E-state index contributed by atoms with van der Waals surface area (Å²) in [5.41, 5.74) is 2.21. The molecule has 0 aliphatic rings. The van der Waals surface area contributed by atoms with Crippen LogP contribution in [0.3, 0.4) is 0 Å². The van der Waals surface area contributed by atoms with Crippen molar-refractivity contribution < 1.29 is 13.6 Å². The third-order valence-corrected chi connectivity index (χ3v) is 5.44. The van der Waals surface area contributed by atoms with E-state index in [0.29, 0.717) is 34.2 Å². The van der Waals surface area contributed by atoms with Gasteiger partial charge in [-0.05, 0) is 54.4 Å². The molecule has 0 aliphatic carbocycles. The second kappa shape index (κ2) is 9.01. The number of aromatic nitrogens is 2. The molecule has 0 saturated heterocycles. The first kappa shape index (κ1) is 20.6. The van der Waals surface area contributed by atoms with Crippen LogP contribution in [0.5, 0.6) is 0 Å². The molecular formula is C23H18F2N4OS. The van der Waals surface area contributed by atoms with E-state index in [9.17, 15) is 13.6 Å². The smallest absolute Gasteiger partial charge is 0.261 e. The van der Waals surface area contributed by atoms with Gasteiger partial charge in [-0.3, -0.25) is 10.1 Å². The number of carbonyl (C=O) groups excluding carboxylic acids is 1. The van der Waals surface area contributed by atoms with Crippen molar-refractivity contribution in [3.8, 4) is 0 Å². The van der Waals surface area contributed by atoms with Gasteiger partial charge in [0.2, 0.25) is 0 Å². The van der Waals surface area contributed by atoms with Crippen LogP contribution in [-0.2, 0) is 6.42 Å². The van der Waals surface area contributed by atoms with E-state index in [-0.39, 0.29) is 5.82 Å². The normalized spacial score (nSPS) is 10.7. The number of amides is 1. The molecule has 0 atom stereocenters. The Kier molecular flexibility index (Phi) is 5.99. The van der Waals surface area contributed by atoms with Crippen LogP contribution in [0.1, 0.15) is 26.4 Å². The molecule has 2 heterocycles. The highest BCUT2D eigenvalue weighted by atomic mass is 32.1. The zero-order valence-electron chi connectivity index (χ0n) is 16.5. The van der Waals surface area contributed by atoms with E-state index in [1.54, 1.807) is 49.6 Å². The first-order valence-corrected chi connectivity index (χ1v) is 10.3. The SMILES string of the molecule is Cc1ccc(Cc2cnc(NC(=O)c3cccnc3Nc3cccc(F)c3)s2)cc1F. The van der Waals surface area contributed by atoms with Crippen LogP contribution in [0.15, 0.2) is 67.0 Å². The lowest BCUT2D eigenvalue weighted by Gasteiger charge is -2.10. The molecule has 8 heteroatoms. The van der Waals surface area contributed by atoms with Crippen molar-refractivity contribution >= 4 is 33.9 Å². The van der Waals surface area contributed by atoms with Gasteiger partial charge in [0.1, 0.15) is 17.5 Å². The van der Waals surface area contributed by atoms with E-state index in [0.717, 1.165) is 10.4 Å². The Labute approximate surface area is 181 Å². The van der Waals surface area contributed by atoms with Crippen LogP contribution >= 0.6 is 11.3 Å². The van der Waals surface area contributed by atoms with Gasteiger partial charge in [0.05, 0.1) is 5.56 Å². The Bertz CT molecular complexity index is 1240. The van der Waals surface area contributed by atoms with Crippen LogP contribution in [0.2, 0.25) is 0 Å². The standard InChI is InChI=1S/C23H18F2N4OS/c1-14-7-8-15(11-20(14)25)10-18-13-27-23(31-18)29-22(30)19-6-3-9-26-21(19)28-17-5-2-4-16(24)12-17/h2-9,11-13H,10H2,1H3,(H,26,28)(H,27,29,30). The lowest BCUT2D eigenvalue weighted by molar-refractivity contribution is 0.102. The molecule has 0 aliphatic heterocycles. The summed E-state index contributed by atoms with van der Waals surface area (Å²) in [6.45, 7) is 1.72. The number of anilines is 3. The average molecular weight is 436 g/mol. The Morgan fingerprint density at radius 2 is 1.94 bits per heavy atom. The van der Waals surface area contributed by atoms with E-state index >= 15 is 0 Å². The molecule has 4 aromatic rings. The summed E-state index contributed by atoms with van der Waals surface area (Å²) in [6.07, 6.45) is 3.72. The first-order valence-electron chi connectivity index (χ1n) is 9.46. The molecule has 31 heavy (non-hydrogen) atoms. The highest BCUT2D eigenvalue weighted by molar-refractivity contribution is 7.15. The minimum atomic E-state index is -0.394. The van der Waals surface area contributed by atoms with E-state index in [1.165, 1.54) is 29.5 Å². The summed E-state index contributed by atoms with van der Waals surface area (Å²) in [4.78, 5) is 22.1. The zero-order chi connectivity index (χ0) is 21.8. The number of rotatable bonds is 6. The molecule has 0 fully saturated rings. The molecule has 4 rings (SSSR count). The van der Waals surface area contributed by atoms with Crippen LogP contribution in [0, 0.1) is 18.6 Å². The number of carbonyl (C=O) groups is 1. The number of halogens is 2. The molecule has 1 amide bonds. The van der Waals surface area contributed by atoms with Crippen LogP contribution in [0.4, 0.5) is 25.4 Å². The number of pyridine rings is 1. The topological polar surface area (TPSA) is 66.9 Å². The van der Waals surface area contributed by atoms with Crippen LogP contribution in [-0.4, -0.2) is 15.9 Å². The summed E-state index contributed by atoms with van der Waals surface area (Å²) in [6, 6.07) is 14.3. The van der Waals surface area contributed by atoms with Crippen molar-refractivity contribution in [2.45, 2.75) is 13.3 Å². The third kappa shape index (κ3) is 5.10.